The van der Waals surface area contributed by atoms with Crippen LogP contribution in [0.15, 0.2) is 18.5 Å². The third kappa shape index (κ3) is 3.84. The Kier molecular flexibility index (Phi) is 5.77. The molecule has 1 aliphatic carbocycles. The van der Waals surface area contributed by atoms with Crippen molar-refractivity contribution in [2.24, 2.45) is 5.92 Å². The minimum Gasteiger partial charge on any atom is -0.268 e. The zero-order valence-electron chi connectivity index (χ0n) is 13.4. The van der Waals surface area contributed by atoms with E-state index in [9.17, 15) is 4.39 Å². The molecule has 1 heterocycles. The van der Waals surface area contributed by atoms with Crippen molar-refractivity contribution in [2.75, 3.05) is 0 Å². The number of allylic oxidation sites excluding steroid dienone is 2. The number of fused-ring (bicyclic) bond motifs is 1. The Labute approximate surface area is 127 Å². The van der Waals surface area contributed by atoms with E-state index in [1.807, 2.05) is 6.08 Å². The molecule has 0 N–H and O–H groups in total. The summed E-state index contributed by atoms with van der Waals surface area (Å²) in [6, 6.07) is 0. The molecule has 1 unspecified atom stereocenters. The van der Waals surface area contributed by atoms with Crippen LogP contribution in [-0.2, 0) is 19.4 Å². The number of nitrogens with zero attached hydrogens (tertiary/aromatic N) is 2. The predicted molar refractivity (Wildman–Crippen MR) is 86.8 cm³/mol. The molecule has 0 spiro atoms. The van der Waals surface area contributed by atoms with E-state index in [2.05, 4.69) is 25.1 Å². The van der Waals surface area contributed by atoms with E-state index < -0.39 is 0 Å². The molecule has 1 aliphatic rings. The van der Waals surface area contributed by atoms with Crippen LogP contribution in [0, 0.1) is 5.92 Å². The summed E-state index contributed by atoms with van der Waals surface area (Å²) in [5, 5.41) is 4.79. The summed E-state index contributed by atoms with van der Waals surface area (Å²) in [4.78, 5) is 0. The van der Waals surface area contributed by atoms with Crippen molar-refractivity contribution in [2.45, 2.75) is 65.3 Å². The first kappa shape index (κ1) is 16.0. The SMILES string of the molecule is C=CCC(CCC)Cn1nc(CCC)c2c1CCC(F)=C2. The van der Waals surface area contributed by atoms with Gasteiger partial charge in [0.05, 0.1) is 5.69 Å². The molecule has 1 atom stereocenters. The lowest BCUT2D eigenvalue weighted by molar-refractivity contribution is 0.383. The first-order valence-corrected chi connectivity index (χ1v) is 8.25. The summed E-state index contributed by atoms with van der Waals surface area (Å²) >= 11 is 0. The van der Waals surface area contributed by atoms with Crippen LogP contribution < -0.4 is 0 Å². The van der Waals surface area contributed by atoms with Crippen LogP contribution in [0.25, 0.3) is 6.08 Å². The van der Waals surface area contributed by atoms with Crippen molar-refractivity contribution in [1.29, 1.82) is 0 Å². The number of aromatic nitrogens is 2. The van der Waals surface area contributed by atoms with Crippen LogP contribution in [0.4, 0.5) is 4.39 Å². The Hall–Kier alpha value is -1.38. The van der Waals surface area contributed by atoms with Crippen molar-refractivity contribution in [1.82, 2.24) is 9.78 Å². The van der Waals surface area contributed by atoms with E-state index in [0.717, 1.165) is 43.5 Å². The predicted octanol–water partition coefficient (Wildman–Crippen LogP) is 5.08. The van der Waals surface area contributed by atoms with Crippen molar-refractivity contribution in [3.63, 3.8) is 0 Å². The molecular formula is C18H27FN2. The van der Waals surface area contributed by atoms with Crippen LogP contribution in [0.3, 0.4) is 0 Å². The van der Waals surface area contributed by atoms with Crippen LogP contribution in [0.5, 0.6) is 0 Å². The topological polar surface area (TPSA) is 17.8 Å². The summed E-state index contributed by atoms with van der Waals surface area (Å²) in [7, 11) is 0. The highest BCUT2D eigenvalue weighted by Gasteiger charge is 2.21. The second-order valence-corrected chi connectivity index (χ2v) is 6.01. The molecule has 3 heteroatoms. The number of hydrogen-bond donors (Lipinski definition) is 0. The second-order valence-electron chi connectivity index (χ2n) is 6.01. The van der Waals surface area contributed by atoms with Crippen LogP contribution >= 0.6 is 0 Å². The molecule has 0 bridgehead atoms. The van der Waals surface area contributed by atoms with Crippen LogP contribution in [0.1, 0.15) is 62.9 Å². The van der Waals surface area contributed by atoms with Crippen LogP contribution in [-0.4, -0.2) is 9.78 Å². The Bertz CT molecular complexity index is 514. The lowest BCUT2D eigenvalue weighted by atomic mass is 9.98. The molecule has 116 valence electrons. The molecule has 2 rings (SSSR count). The Morgan fingerprint density at radius 3 is 2.86 bits per heavy atom. The van der Waals surface area contributed by atoms with E-state index in [1.54, 1.807) is 6.08 Å². The van der Waals surface area contributed by atoms with Crippen molar-refractivity contribution >= 4 is 6.08 Å². The van der Waals surface area contributed by atoms with Gasteiger partial charge in [-0.25, -0.2) is 4.39 Å². The summed E-state index contributed by atoms with van der Waals surface area (Å²) in [6.07, 6.45) is 10.4. The van der Waals surface area contributed by atoms with Gasteiger partial charge in [-0.15, -0.1) is 6.58 Å². The van der Waals surface area contributed by atoms with E-state index in [-0.39, 0.29) is 5.83 Å². The number of halogens is 1. The first-order chi connectivity index (χ1) is 10.2. The Balaban J connectivity index is 2.27. The van der Waals surface area contributed by atoms with Gasteiger partial charge in [-0.05, 0) is 37.7 Å². The third-order valence-electron chi connectivity index (χ3n) is 4.19. The van der Waals surface area contributed by atoms with E-state index in [4.69, 9.17) is 5.10 Å². The highest BCUT2D eigenvalue weighted by atomic mass is 19.1. The molecule has 0 aromatic carbocycles. The number of aryl methyl sites for hydroxylation is 1. The Morgan fingerprint density at radius 1 is 1.38 bits per heavy atom. The normalized spacial score (nSPS) is 15.5. The lowest BCUT2D eigenvalue weighted by Gasteiger charge is -2.17. The minimum atomic E-state index is -0.00407. The quantitative estimate of drug-likeness (QED) is 0.610. The van der Waals surface area contributed by atoms with Gasteiger partial charge in [0.15, 0.2) is 0 Å². The van der Waals surface area contributed by atoms with Gasteiger partial charge in [-0.1, -0.05) is 32.8 Å². The van der Waals surface area contributed by atoms with Crippen LogP contribution in [0.2, 0.25) is 0 Å². The van der Waals surface area contributed by atoms with Gasteiger partial charge < -0.3 is 0 Å². The summed E-state index contributed by atoms with van der Waals surface area (Å²) < 4.78 is 15.8. The zero-order chi connectivity index (χ0) is 15.2. The fourth-order valence-corrected chi connectivity index (χ4v) is 3.21. The first-order valence-electron chi connectivity index (χ1n) is 8.25. The molecule has 0 saturated heterocycles. The van der Waals surface area contributed by atoms with Gasteiger partial charge in [0.25, 0.3) is 0 Å². The van der Waals surface area contributed by atoms with Gasteiger partial charge in [0, 0.05) is 24.2 Å². The van der Waals surface area contributed by atoms with Gasteiger partial charge >= 0.3 is 0 Å². The van der Waals surface area contributed by atoms with E-state index in [0.29, 0.717) is 12.3 Å². The average Bonchev–Trinajstić information content (AvgIpc) is 2.77. The van der Waals surface area contributed by atoms with Crippen molar-refractivity contribution in [3.05, 3.63) is 35.4 Å². The molecule has 0 fully saturated rings. The molecule has 0 aliphatic heterocycles. The lowest BCUT2D eigenvalue weighted by Crippen LogP contribution is -2.15. The molecule has 1 aromatic rings. The largest absolute Gasteiger partial charge is 0.268 e. The standard InChI is InChI=1S/C18H27FN2/c1-4-7-14(8-5-2)13-21-18-11-10-15(19)12-16(18)17(20-21)9-6-3/h4,12,14H,1,5-11,13H2,2-3H3. The summed E-state index contributed by atoms with van der Waals surface area (Å²) in [5.74, 6) is 0.581. The van der Waals surface area contributed by atoms with Gasteiger partial charge in [-0.2, -0.15) is 5.10 Å². The fraction of sp³-hybridized carbons (Fsp3) is 0.611. The Morgan fingerprint density at radius 2 is 2.19 bits per heavy atom. The molecular weight excluding hydrogens is 263 g/mol. The molecule has 0 saturated carbocycles. The fourth-order valence-electron chi connectivity index (χ4n) is 3.21. The minimum absolute atomic E-state index is 0.00407. The molecule has 1 aromatic heterocycles. The highest BCUT2D eigenvalue weighted by molar-refractivity contribution is 5.59. The number of rotatable bonds is 8. The van der Waals surface area contributed by atoms with E-state index in [1.165, 1.54) is 18.5 Å². The zero-order valence-corrected chi connectivity index (χ0v) is 13.4. The van der Waals surface area contributed by atoms with Crippen molar-refractivity contribution < 1.29 is 4.39 Å². The molecule has 21 heavy (non-hydrogen) atoms. The third-order valence-corrected chi connectivity index (χ3v) is 4.19. The van der Waals surface area contributed by atoms with Gasteiger partial charge in [0.1, 0.15) is 5.83 Å². The highest BCUT2D eigenvalue weighted by Crippen LogP contribution is 2.29. The smallest absolute Gasteiger partial charge is 0.101 e. The molecule has 0 radical (unpaired) electrons. The van der Waals surface area contributed by atoms with E-state index >= 15 is 0 Å². The number of hydrogen-bond acceptors (Lipinski definition) is 1. The molecule has 2 nitrogen and oxygen atoms in total. The summed E-state index contributed by atoms with van der Waals surface area (Å²) in [5.41, 5.74) is 3.34. The van der Waals surface area contributed by atoms with Gasteiger partial charge in [-0.3, -0.25) is 4.68 Å². The van der Waals surface area contributed by atoms with Gasteiger partial charge in [0.2, 0.25) is 0 Å². The van der Waals surface area contributed by atoms with Crippen molar-refractivity contribution in [3.8, 4) is 0 Å². The average molecular weight is 290 g/mol. The maximum absolute atomic E-state index is 13.6. The monoisotopic (exact) mass is 290 g/mol. The summed E-state index contributed by atoms with van der Waals surface area (Å²) in [6.45, 7) is 9.16. The molecule has 0 amide bonds. The maximum Gasteiger partial charge on any atom is 0.101 e. The maximum atomic E-state index is 13.6. The second kappa shape index (κ2) is 7.58.